The van der Waals surface area contributed by atoms with Crippen LogP contribution in [0.25, 0.3) is 0 Å². The number of aryl methyl sites for hydroxylation is 1. The summed E-state index contributed by atoms with van der Waals surface area (Å²) in [5.74, 6) is -0.0761. The summed E-state index contributed by atoms with van der Waals surface area (Å²) in [5.41, 5.74) is 4.05. The number of hydrogen-bond donors (Lipinski definition) is 1. The molecule has 0 unspecified atom stereocenters. The van der Waals surface area contributed by atoms with Crippen molar-refractivity contribution in [1.82, 2.24) is 9.78 Å². The zero-order valence-corrected chi connectivity index (χ0v) is 14.1. The van der Waals surface area contributed by atoms with Gasteiger partial charge in [-0.2, -0.15) is 5.10 Å². The van der Waals surface area contributed by atoms with E-state index < -0.39 is 0 Å². The Kier molecular flexibility index (Phi) is 4.96. The number of amides is 1. The summed E-state index contributed by atoms with van der Waals surface area (Å²) in [5, 5.41) is 7.84. The van der Waals surface area contributed by atoms with Crippen LogP contribution in [0.5, 0.6) is 0 Å². The SMILES string of the molecule is Cc1ccccc1Cn1cc(NC(=O)Cc2ccc(Cl)cc2)cn1. The van der Waals surface area contributed by atoms with Gasteiger partial charge in [0.15, 0.2) is 0 Å². The largest absolute Gasteiger partial charge is 0.323 e. The fourth-order valence-electron chi connectivity index (χ4n) is 2.47. The van der Waals surface area contributed by atoms with Crippen molar-refractivity contribution in [2.45, 2.75) is 19.9 Å². The minimum atomic E-state index is -0.0761. The van der Waals surface area contributed by atoms with Gasteiger partial charge in [0.25, 0.3) is 0 Å². The van der Waals surface area contributed by atoms with E-state index in [0.717, 1.165) is 5.56 Å². The maximum atomic E-state index is 12.1. The highest BCUT2D eigenvalue weighted by Crippen LogP contribution is 2.13. The van der Waals surface area contributed by atoms with Crippen molar-refractivity contribution in [1.29, 1.82) is 0 Å². The van der Waals surface area contributed by atoms with Crippen molar-refractivity contribution in [2.24, 2.45) is 0 Å². The third-order valence-corrected chi connectivity index (χ3v) is 4.04. The molecule has 24 heavy (non-hydrogen) atoms. The molecule has 0 atom stereocenters. The predicted molar refractivity (Wildman–Crippen MR) is 96.3 cm³/mol. The minimum absolute atomic E-state index is 0.0761. The summed E-state index contributed by atoms with van der Waals surface area (Å²) >= 11 is 5.85. The molecular weight excluding hydrogens is 322 g/mol. The Morgan fingerprint density at radius 1 is 1.17 bits per heavy atom. The lowest BCUT2D eigenvalue weighted by Crippen LogP contribution is -2.13. The van der Waals surface area contributed by atoms with Gasteiger partial charge in [0.1, 0.15) is 0 Å². The van der Waals surface area contributed by atoms with Crippen molar-refractivity contribution in [3.8, 4) is 0 Å². The number of benzene rings is 2. The van der Waals surface area contributed by atoms with E-state index in [0.29, 0.717) is 23.7 Å². The van der Waals surface area contributed by atoms with Crippen LogP contribution >= 0.6 is 11.6 Å². The zero-order valence-electron chi connectivity index (χ0n) is 13.4. The molecule has 0 saturated carbocycles. The van der Waals surface area contributed by atoms with Gasteiger partial charge in [0, 0.05) is 11.2 Å². The van der Waals surface area contributed by atoms with Gasteiger partial charge < -0.3 is 5.32 Å². The Balaban J connectivity index is 1.60. The van der Waals surface area contributed by atoms with Gasteiger partial charge in [-0.05, 0) is 35.7 Å². The van der Waals surface area contributed by atoms with E-state index in [-0.39, 0.29) is 5.91 Å². The zero-order chi connectivity index (χ0) is 16.9. The maximum Gasteiger partial charge on any atom is 0.228 e. The highest BCUT2D eigenvalue weighted by molar-refractivity contribution is 6.30. The highest BCUT2D eigenvalue weighted by atomic mass is 35.5. The van der Waals surface area contributed by atoms with Crippen molar-refractivity contribution < 1.29 is 4.79 Å². The molecular formula is C19H18ClN3O. The molecule has 0 saturated heterocycles. The second-order valence-electron chi connectivity index (χ2n) is 5.70. The van der Waals surface area contributed by atoms with Crippen LogP contribution in [0.15, 0.2) is 60.9 Å². The topological polar surface area (TPSA) is 46.9 Å². The first-order valence-corrected chi connectivity index (χ1v) is 8.09. The fraction of sp³-hybridized carbons (Fsp3) is 0.158. The molecule has 1 N–H and O–H groups in total. The molecule has 0 radical (unpaired) electrons. The third-order valence-electron chi connectivity index (χ3n) is 3.79. The monoisotopic (exact) mass is 339 g/mol. The van der Waals surface area contributed by atoms with Gasteiger partial charge in [-0.25, -0.2) is 0 Å². The predicted octanol–water partition coefficient (Wildman–Crippen LogP) is 4.07. The van der Waals surface area contributed by atoms with Gasteiger partial charge in [0.2, 0.25) is 5.91 Å². The lowest BCUT2D eigenvalue weighted by atomic mass is 10.1. The van der Waals surface area contributed by atoms with Crippen molar-refractivity contribution in [3.63, 3.8) is 0 Å². The van der Waals surface area contributed by atoms with Crippen LogP contribution < -0.4 is 5.32 Å². The van der Waals surface area contributed by atoms with E-state index in [1.54, 1.807) is 18.3 Å². The van der Waals surface area contributed by atoms with Crippen molar-refractivity contribution in [3.05, 3.63) is 82.6 Å². The lowest BCUT2D eigenvalue weighted by molar-refractivity contribution is -0.115. The van der Waals surface area contributed by atoms with Crippen LogP contribution in [-0.4, -0.2) is 15.7 Å². The van der Waals surface area contributed by atoms with E-state index in [4.69, 9.17) is 11.6 Å². The number of hydrogen-bond acceptors (Lipinski definition) is 2. The van der Waals surface area contributed by atoms with E-state index in [2.05, 4.69) is 29.5 Å². The van der Waals surface area contributed by atoms with E-state index in [9.17, 15) is 4.79 Å². The van der Waals surface area contributed by atoms with E-state index >= 15 is 0 Å². The smallest absolute Gasteiger partial charge is 0.228 e. The summed E-state index contributed by atoms with van der Waals surface area (Å²) in [4.78, 5) is 12.1. The van der Waals surface area contributed by atoms with Crippen LogP contribution in [0.1, 0.15) is 16.7 Å². The molecule has 0 fully saturated rings. The van der Waals surface area contributed by atoms with Gasteiger partial charge in [0.05, 0.1) is 24.8 Å². The first-order valence-electron chi connectivity index (χ1n) is 7.71. The molecule has 0 bridgehead atoms. The first-order chi connectivity index (χ1) is 11.6. The summed E-state index contributed by atoms with van der Waals surface area (Å²) in [6.07, 6.45) is 3.81. The molecule has 0 aliphatic rings. The Morgan fingerprint density at radius 3 is 2.67 bits per heavy atom. The molecule has 3 aromatic rings. The Morgan fingerprint density at radius 2 is 1.92 bits per heavy atom. The van der Waals surface area contributed by atoms with Gasteiger partial charge in [-0.1, -0.05) is 48.0 Å². The Bertz CT molecular complexity index is 840. The molecule has 2 aromatic carbocycles. The Labute approximate surface area is 146 Å². The molecule has 3 rings (SSSR count). The van der Waals surface area contributed by atoms with Crippen LogP contribution in [0, 0.1) is 6.92 Å². The van der Waals surface area contributed by atoms with Crippen LogP contribution in [0.3, 0.4) is 0 Å². The number of nitrogens with one attached hydrogen (secondary N) is 1. The van der Waals surface area contributed by atoms with Crippen molar-refractivity contribution >= 4 is 23.2 Å². The number of aromatic nitrogens is 2. The maximum absolute atomic E-state index is 12.1. The highest BCUT2D eigenvalue weighted by Gasteiger charge is 2.07. The van der Waals surface area contributed by atoms with Gasteiger partial charge in [-0.15, -0.1) is 0 Å². The number of anilines is 1. The molecule has 1 amide bonds. The van der Waals surface area contributed by atoms with Crippen molar-refractivity contribution in [2.75, 3.05) is 5.32 Å². The average molecular weight is 340 g/mol. The standard InChI is InChI=1S/C19H18ClN3O/c1-14-4-2-3-5-16(14)12-23-13-18(11-21-23)22-19(24)10-15-6-8-17(20)9-7-15/h2-9,11,13H,10,12H2,1H3,(H,22,24). The number of carbonyl (C=O) groups is 1. The minimum Gasteiger partial charge on any atom is -0.323 e. The summed E-state index contributed by atoms with van der Waals surface area (Å²) in [7, 11) is 0. The lowest BCUT2D eigenvalue weighted by Gasteiger charge is -2.05. The number of halogens is 1. The fourth-order valence-corrected chi connectivity index (χ4v) is 2.60. The molecule has 4 nitrogen and oxygen atoms in total. The summed E-state index contributed by atoms with van der Waals surface area (Å²) < 4.78 is 1.82. The van der Waals surface area contributed by atoms with Crippen LogP contribution in [0.2, 0.25) is 5.02 Å². The van der Waals surface area contributed by atoms with Gasteiger partial charge >= 0.3 is 0 Å². The summed E-state index contributed by atoms with van der Waals surface area (Å²) in [6, 6.07) is 15.5. The number of carbonyl (C=O) groups excluding carboxylic acids is 1. The number of nitrogens with zero attached hydrogens (tertiary/aromatic N) is 2. The molecule has 1 aromatic heterocycles. The second-order valence-corrected chi connectivity index (χ2v) is 6.14. The van der Waals surface area contributed by atoms with Gasteiger partial charge in [-0.3, -0.25) is 9.48 Å². The normalized spacial score (nSPS) is 10.6. The third kappa shape index (κ3) is 4.24. The molecule has 5 heteroatoms. The molecule has 0 aliphatic heterocycles. The van der Waals surface area contributed by atoms with Crippen LogP contribution in [0.4, 0.5) is 5.69 Å². The molecule has 0 spiro atoms. The average Bonchev–Trinajstić information content (AvgIpc) is 2.99. The molecule has 0 aliphatic carbocycles. The van der Waals surface area contributed by atoms with E-state index in [1.807, 2.05) is 35.1 Å². The van der Waals surface area contributed by atoms with E-state index in [1.165, 1.54) is 11.1 Å². The quantitative estimate of drug-likeness (QED) is 0.761. The molecule has 1 heterocycles. The molecule has 122 valence electrons. The van der Waals surface area contributed by atoms with Crippen LogP contribution in [-0.2, 0) is 17.8 Å². The summed E-state index contributed by atoms with van der Waals surface area (Å²) in [6.45, 7) is 2.76. The Hall–Kier alpha value is -2.59. The number of rotatable bonds is 5. The first kappa shape index (κ1) is 16.3. The second kappa shape index (κ2) is 7.32.